The Morgan fingerprint density at radius 3 is 2.71 bits per heavy atom. The molecule has 1 atom stereocenters. The van der Waals surface area contributed by atoms with Crippen molar-refractivity contribution in [2.45, 2.75) is 45.6 Å². The van der Waals surface area contributed by atoms with Gasteiger partial charge in [-0.05, 0) is 33.2 Å². The number of pyridine rings is 1. The fourth-order valence-corrected chi connectivity index (χ4v) is 3.63. The van der Waals surface area contributed by atoms with Crippen molar-refractivity contribution in [3.05, 3.63) is 23.0 Å². The van der Waals surface area contributed by atoms with Crippen molar-refractivity contribution in [2.75, 3.05) is 20.2 Å². The van der Waals surface area contributed by atoms with Crippen LogP contribution in [0, 0.1) is 19.3 Å². The van der Waals surface area contributed by atoms with Gasteiger partial charge in [-0.25, -0.2) is 8.78 Å². The fraction of sp³-hybridized carbons (Fsp3) is 0.688. The lowest BCUT2D eigenvalue weighted by Gasteiger charge is -2.33. The van der Waals surface area contributed by atoms with E-state index in [0.717, 1.165) is 35.5 Å². The average Bonchev–Trinajstić information content (AvgIpc) is 2.93. The normalized spacial score (nSPS) is 27.9. The molecule has 1 aromatic heterocycles. The van der Waals surface area contributed by atoms with Crippen molar-refractivity contribution < 1.29 is 13.5 Å². The molecule has 0 bridgehead atoms. The quantitative estimate of drug-likeness (QED) is 0.855. The largest absolute Gasteiger partial charge is 0.496 e. The van der Waals surface area contributed by atoms with Crippen LogP contribution in [0.2, 0.25) is 0 Å². The molecule has 2 heterocycles. The lowest BCUT2D eigenvalue weighted by atomic mass is 9.94. The molecule has 2 fully saturated rings. The molecule has 0 aromatic carbocycles. The van der Waals surface area contributed by atoms with E-state index in [1.165, 1.54) is 0 Å². The summed E-state index contributed by atoms with van der Waals surface area (Å²) < 4.78 is 32.6. The first-order valence-electron chi connectivity index (χ1n) is 7.48. The summed E-state index contributed by atoms with van der Waals surface area (Å²) in [6.07, 6.45) is 3.35. The molecular formula is C16H22F2N2O. The highest BCUT2D eigenvalue weighted by Crippen LogP contribution is 2.64. The van der Waals surface area contributed by atoms with Gasteiger partial charge in [0.25, 0.3) is 5.92 Å². The second kappa shape index (κ2) is 4.90. The minimum atomic E-state index is -2.46. The maximum Gasteiger partial charge on any atom is 0.255 e. The summed E-state index contributed by atoms with van der Waals surface area (Å²) in [4.78, 5) is 6.60. The third-order valence-corrected chi connectivity index (χ3v) is 4.99. The molecule has 21 heavy (non-hydrogen) atoms. The van der Waals surface area contributed by atoms with Crippen LogP contribution in [0.15, 0.2) is 6.20 Å². The summed E-state index contributed by atoms with van der Waals surface area (Å²) in [5.41, 5.74) is 2.19. The minimum absolute atomic E-state index is 0.0557. The molecule has 116 valence electrons. The lowest BCUT2D eigenvalue weighted by Crippen LogP contribution is -2.38. The number of hydrogen-bond donors (Lipinski definition) is 0. The highest BCUT2D eigenvalue weighted by atomic mass is 19.3. The Kier molecular flexibility index (Phi) is 3.43. The number of rotatable bonds is 3. The summed E-state index contributed by atoms with van der Waals surface area (Å²) in [6.45, 7) is 5.93. The zero-order chi connectivity index (χ0) is 15.3. The van der Waals surface area contributed by atoms with Crippen LogP contribution in [0.25, 0.3) is 0 Å². The van der Waals surface area contributed by atoms with Crippen molar-refractivity contribution in [3.8, 4) is 5.75 Å². The Morgan fingerprint density at radius 2 is 2.10 bits per heavy atom. The van der Waals surface area contributed by atoms with Crippen LogP contribution in [-0.2, 0) is 6.54 Å². The summed E-state index contributed by atoms with van der Waals surface area (Å²) in [7, 11) is 1.65. The van der Waals surface area contributed by atoms with Crippen molar-refractivity contribution in [1.82, 2.24) is 9.88 Å². The molecule has 2 aliphatic rings. The smallest absolute Gasteiger partial charge is 0.255 e. The number of ether oxygens (including phenoxy) is 1. The molecule has 0 N–H and O–H groups in total. The SMILES string of the molecule is COc1c(C)cnc(CN2CCCC3(C2)CC3(F)F)c1C. The number of piperidine rings is 1. The van der Waals surface area contributed by atoms with Gasteiger partial charge < -0.3 is 4.74 Å². The van der Waals surface area contributed by atoms with E-state index in [9.17, 15) is 8.78 Å². The van der Waals surface area contributed by atoms with Crippen molar-refractivity contribution in [3.63, 3.8) is 0 Å². The number of nitrogens with zero attached hydrogens (tertiary/aromatic N) is 2. The van der Waals surface area contributed by atoms with E-state index in [-0.39, 0.29) is 6.42 Å². The predicted molar refractivity (Wildman–Crippen MR) is 76.8 cm³/mol. The van der Waals surface area contributed by atoms with Gasteiger partial charge >= 0.3 is 0 Å². The first kappa shape index (κ1) is 14.7. The van der Waals surface area contributed by atoms with E-state index in [4.69, 9.17) is 4.74 Å². The standard InChI is InChI=1S/C16H22F2N2O/c1-11-7-19-13(12(2)14(11)21-3)8-20-6-4-5-15(10-20)9-16(15,17)18/h7H,4-6,8-10H2,1-3H3. The third kappa shape index (κ3) is 2.41. The van der Waals surface area contributed by atoms with Gasteiger partial charge in [-0.1, -0.05) is 0 Å². The van der Waals surface area contributed by atoms with Gasteiger partial charge in [0.1, 0.15) is 5.75 Å². The lowest BCUT2D eigenvalue weighted by molar-refractivity contribution is 0.0224. The van der Waals surface area contributed by atoms with E-state index in [1.807, 2.05) is 13.8 Å². The van der Waals surface area contributed by atoms with Crippen LogP contribution in [0.5, 0.6) is 5.75 Å². The van der Waals surface area contributed by atoms with Gasteiger partial charge in [-0.2, -0.15) is 0 Å². The van der Waals surface area contributed by atoms with E-state index < -0.39 is 11.3 Å². The maximum atomic E-state index is 13.6. The highest BCUT2D eigenvalue weighted by molar-refractivity contribution is 5.41. The molecule has 1 aliphatic heterocycles. The molecule has 1 saturated carbocycles. The summed E-state index contributed by atoms with van der Waals surface area (Å²) >= 11 is 0. The molecule has 0 amide bonds. The van der Waals surface area contributed by atoms with Crippen LogP contribution in [0.1, 0.15) is 36.1 Å². The van der Waals surface area contributed by atoms with Gasteiger partial charge in [0.05, 0.1) is 18.2 Å². The number of aryl methyl sites for hydroxylation is 1. The van der Waals surface area contributed by atoms with Crippen LogP contribution < -0.4 is 4.74 Å². The van der Waals surface area contributed by atoms with Gasteiger partial charge in [-0.3, -0.25) is 9.88 Å². The molecular weight excluding hydrogens is 274 g/mol. The summed E-state index contributed by atoms with van der Waals surface area (Å²) in [5, 5.41) is 0. The van der Waals surface area contributed by atoms with Crippen LogP contribution in [-0.4, -0.2) is 36.0 Å². The highest BCUT2D eigenvalue weighted by Gasteiger charge is 2.71. The zero-order valence-electron chi connectivity index (χ0n) is 12.9. The number of halogens is 2. The van der Waals surface area contributed by atoms with Gasteiger partial charge in [0, 0.05) is 36.8 Å². The first-order valence-corrected chi connectivity index (χ1v) is 7.48. The van der Waals surface area contributed by atoms with Crippen molar-refractivity contribution in [1.29, 1.82) is 0 Å². The molecule has 1 aromatic rings. The molecule has 1 spiro atoms. The number of aromatic nitrogens is 1. The predicted octanol–water partition coefficient (Wildman–Crippen LogP) is 3.33. The Bertz CT molecular complexity index is 561. The van der Waals surface area contributed by atoms with Crippen LogP contribution in [0.3, 0.4) is 0 Å². The Balaban J connectivity index is 1.75. The van der Waals surface area contributed by atoms with Gasteiger partial charge in [0.15, 0.2) is 0 Å². The van der Waals surface area contributed by atoms with Gasteiger partial charge in [0.2, 0.25) is 0 Å². The van der Waals surface area contributed by atoms with Gasteiger partial charge in [-0.15, -0.1) is 0 Å². The molecule has 1 saturated heterocycles. The third-order valence-electron chi connectivity index (χ3n) is 4.99. The van der Waals surface area contributed by atoms with E-state index in [1.54, 1.807) is 13.3 Å². The van der Waals surface area contributed by atoms with E-state index >= 15 is 0 Å². The second-order valence-electron chi connectivity index (χ2n) is 6.52. The molecule has 5 heteroatoms. The Hall–Kier alpha value is -1.23. The molecule has 1 unspecified atom stereocenters. The average molecular weight is 296 g/mol. The summed E-state index contributed by atoms with van der Waals surface area (Å²) in [6, 6.07) is 0. The number of hydrogen-bond acceptors (Lipinski definition) is 3. The fourth-order valence-electron chi connectivity index (χ4n) is 3.63. The first-order chi connectivity index (χ1) is 9.88. The van der Waals surface area contributed by atoms with Crippen molar-refractivity contribution >= 4 is 0 Å². The maximum absolute atomic E-state index is 13.6. The molecule has 1 aliphatic carbocycles. The second-order valence-corrected chi connectivity index (χ2v) is 6.52. The number of alkyl halides is 2. The van der Waals surface area contributed by atoms with Crippen LogP contribution in [0.4, 0.5) is 8.78 Å². The Labute approximate surface area is 124 Å². The number of methoxy groups -OCH3 is 1. The Morgan fingerprint density at radius 1 is 1.38 bits per heavy atom. The molecule has 3 rings (SSSR count). The topological polar surface area (TPSA) is 25.4 Å². The zero-order valence-corrected chi connectivity index (χ0v) is 12.9. The van der Waals surface area contributed by atoms with Crippen molar-refractivity contribution in [2.24, 2.45) is 5.41 Å². The summed E-state index contributed by atoms with van der Waals surface area (Å²) in [5.74, 6) is -1.61. The van der Waals surface area contributed by atoms with Crippen LogP contribution >= 0.6 is 0 Å². The molecule has 0 radical (unpaired) electrons. The van der Waals surface area contributed by atoms with E-state index in [0.29, 0.717) is 19.5 Å². The molecule has 3 nitrogen and oxygen atoms in total. The number of likely N-dealkylation sites (tertiary alicyclic amines) is 1. The minimum Gasteiger partial charge on any atom is -0.496 e. The van der Waals surface area contributed by atoms with E-state index in [2.05, 4.69) is 9.88 Å². The monoisotopic (exact) mass is 296 g/mol.